The van der Waals surface area contributed by atoms with Crippen molar-refractivity contribution in [2.45, 2.75) is 0 Å². The van der Waals surface area contributed by atoms with E-state index in [1.54, 1.807) is 0 Å². The van der Waals surface area contributed by atoms with Gasteiger partial charge in [0.2, 0.25) is 0 Å². The first-order valence-electron chi connectivity index (χ1n) is 0. The van der Waals surface area contributed by atoms with Gasteiger partial charge in [-0.05, 0) is 0 Å². The molecule has 1 nitrogen and oxygen atoms in total. The van der Waals surface area contributed by atoms with Gasteiger partial charge in [0.15, 0.2) is 0 Å². The number of rotatable bonds is 0. The standard InChI is InChI=1S/Ca.FH.Na.O/h;1H;;/q+2;;+1;-2/p-1. The van der Waals surface area contributed by atoms with Crippen molar-refractivity contribution in [3.63, 3.8) is 0 Å². The molecule has 0 rings (SSSR count). The van der Waals surface area contributed by atoms with Gasteiger partial charge in [0.1, 0.15) is 0 Å². The van der Waals surface area contributed by atoms with Crippen LogP contribution >= 0.6 is 0 Å². The Balaban J connectivity index is 0. The normalized spacial score (nSPS) is 0. The zero-order valence-electron chi connectivity index (χ0n) is 2.49. The summed E-state index contributed by atoms with van der Waals surface area (Å²) in [6.07, 6.45) is 0. The Kier molecular flexibility index (Phi) is 169. The zero-order valence-corrected chi connectivity index (χ0v) is 6.70. The summed E-state index contributed by atoms with van der Waals surface area (Å²) in [5.41, 5.74) is 0. The second-order valence-electron chi connectivity index (χ2n) is 0. The molecule has 0 amide bonds. The predicted molar refractivity (Wildman–Crippen MR) is 6.44 cm³/mol. The summed E-state index contributed by atoms with van der Waals surface area (Å²) in [7, 11) is 0. The van der Waals surface area contributed by atoms with Crippen molar-refractivity contribution in [2.75, 3.05) is 0 Å². The maximum atomic E-state index is 0. The molecule has 0 aromatic rings. The fourth-order valence-corrected chi connectivity index (χ4v) is 0. The summed E-state index contributed by atoms with van der Waals surface area (Å²) in [5, 5.41) is 0. The van der Waals surface area contributed by atoms with Gasteiger partial charge in [-0.2, -0.15) is 0 Å². The van der Waals surface area contributed by atoms with E-state index in [1.165, 1.54) is 0 Å². The maximum absolute atomic E-state index is 0. The molecular formula is CaFNaO. The molecule has 0 saturated heterocycles. The van der Waals surface area contributed by atoms with E-state index in [2.05, 4.69) is 0 Å². The molecule has 0 saturated carbocycles. The third kappa shape index (κ3) is 8.91. The third-order valence-electron chi connectivity index (χ3n) is 0. The van der Waals surface area contributed by atoms with Gasteiger partial charge in [-0.25, -0.2) is 0 Å². The van der Waals surface area contributed by atoms with Gasteiger partial charge in [-0.3, -0.25) is 0 Å². The summed E-state index contributed by atoms with van der Waals surface area (Å²) in [4.78, 5) is 0. The van der Waals surface area contributed by atoms with E-state index in [0.29, 0.717) is 0 Å². The van der Waals surface area contributed by atoms with E-state index in [-0.39, 0.29) is 77.5 Å². The van der Waals surface area contributed by atoms with Crippen LogP contribution in [0, 0.1) is 0 Å². The molecule has 0 radical (unpaired) electrons. The largest absolute Gasteiger partial charge is 2.00 e. The molecule has 0 N–H and O–H groups in total. The van der Waals surface area contributed by atoms with E-state index in [0.717, 1.165) is 0 Å². The first-order chi connectivity index (χ1) is 0. The average molecular weight is 98.1 g/mol. The minimum Gasteiger partial charge on any atom is -2.00 e. The Morgan fingerprint density at radius 2 is 1.00 bits per heavy atom. The van der Waals surface area contributed by atoms with Gasteiger partial charge in [-0.15, -0.1) is 0 Å². The van der Waals surface area contributed by atoms with Crippen molar-refractivity contribution >= 4 is 37.7 Å². The summed E-state index contributed by atoms with van der Waals surface area (Å²) in [5.74, 6) is 0. The quantitative estimate of drug-likeness (QED) is 0.270. The molecule has 0 heterocycles. The zero-order chi connectivity index (χ0) is 0. The molecule has 0 atom stereocenters. The second kappa shape index (κ2) is 19.2. The fraction of sp³-hybridized carbons (Fsp3) is 0. The van der Waals surface area contributed by atoms with Gasteiger partial charge in [0, 0.05) is 0 Å². The molecule has 0 aliphatic carbocycles. The topological polar surface area (TPSA) is 28.5 Å². The van der Waals surface area contributed by atoms with Crippen LogP contribution in [0.4, 0.5) is 0 Å². The molecule has 4 heteroatoms. The smallest absolute Gasteiger partial charge is 2.00 e. The molecule has 0 fully saturated rings. The van der Waals surface area contributed by atoms with Crippen molar-refractivity contribution in [1.29, 1.82) is 0 Å². The number of halogens is 1. The Labute approximate surface area is 76.1 Å². The molecule has 0 aliphatic heterocycles. The molecule has 0 aromatic heterocycles. The van der Waals surface area contributed by atoms with Gasteiger partial charge in [0.25, 0.3) is 0 Å². The van der Waals surface area contributed by atoms with E-state index >= 15 is 0 Å². The van der Waals surface area contributed by atoms with Crippen molar-refractivity contribution in [3.05, 3.63) is 0 Å². The first-order valence-corrected chi connectivity index (χ1v) is 0. The van der Waals surface area contributed by atoms with Gasteiger partial charge < -0.3 is 10.2 Å². The van der Waals surface area contributed by atoms with Crippen molar-refractivity contribution in [1.82, 2.24) is 0 Å². The Morgan fingerprint density at radius 3 is 1.00 bits per heavy atom. The van der Waals surface area contributed by atoms with Crippen molar-refractivity contribution in [2.24, 2.45) is 0 Å². The van der Waals surface area contributed by atoms with Gasteiger partial charge in [0.05, 0.1) is 0 Å². The number of hydrogen-bond acceptors (Lipinski definition) is 0. The monoisotopic (exact) mass is 97.9 g/mol. The minimum absolute atomic E-state index is 0. The Hall–Kier alpha value is 2.15. The molecule has 0 spiro atoms. The predicted octanol–water partition coefficient (Wildman–Crippen LogP) is -6.49. The maximum Gasteiger partial charge on any atom is 2.00 e. The molecular weight excluding hydrogens is 98.1 g/mol. The van der Waals surface area contributed by atoms with Crippen LogP contribution < -0.4 is 34.3 Å². The van der Waals surface area contributed by atoms with Crippen LogP contribution in [-0.2, 0) is 5.48 Å². The fourth-order valence-electron chi connectivity index (χ4n) is 0. The molecule has 4 heavy (non-hydrogen) atoms. The minimum atomic E-state index is 0. The van der Waals surface area contributed by atoms with Crippen LogP contribution in [-0.4, -0.2) is 37.7 Å². The van der Waals surface area contributed by atoms with Crippen LogP contribution in [0.15, 0.2) is 0 Å². The Morgan fingerprint density at radius 1 is 1.00 bits per heavy atom. The van der Waals surface area contributed by atoms with E-state index in [9.17, 15) is 0 Å². The van der Waals surface area contributed by atoms with Gasteiger partial charge in [-0.1, -0.05) is 0 Å². The third-order valence-corrected chi connectivity index (χ3v) is 0. The van der Waals surface area contributed by atoms with Crippen LogP contribution in [0.2, 0.25) is 0 Å². The van der Waals surface area contributed by atoms with Crippen LogP contribution in [0.1, 0.15) is 0 Å². The van der Waals surface area contributed by atoms with E-state index in [4.69, 9.17) is 0 Å². The summed E-state index contributed by atoms with van der Waals surface area (Å²) < 4.78 is 0. The first kappa shape index (κ1) is 35.3. The van der Waals surface area contributed by atoms with Crippen LogP contribution in [0.5, 0.6) is 0 Å². The summed E-state index contributed by atoms with van der Waals surface area (Å²) in [6, 6.07) is 0. The number of hydrogen-bond donors (Lipinski definition) is 0. The molecule has 0 aliphatic rings. The van der Waals surface area contributed by atoms with Gasteiger partial charge >= 0.3 is 67.3 Å². The Bertz CT molecular complexity index is 8.00. The van der Waals surface area contributed by atoms with Crippen molar-refractivity contribution < 1.29 is 39.7 Å². The van der Waals surface area contributed by atoms with E-state index in [1.807, 2.05) is 0 Å². The molecule has 16 valence electrons. The van der Waals surface area contributed by atoms with E-state index < -0.39 is 0 Å². The van der Waals surface area contributed by atoms with Crippen molar-refractivity contribution in [3.8, 4) is 0 Å². The summed E-state index contributed by atoms with van der Waals surface area (Å²) >= 11 is 0. The molecule has 0 bridgehead atoms. The van der Waals surface area contributed by atoms with Crippen LogP contribution in [0.25, 0.3) is 0 Å². The van der Waals surface area contributed by atoms with Crippen LogP contribution in [0.3, 0.4) is 0 Å². The SMILES string of the molecule is [Ca+2].[F-].[Na+].[O-2]. The second-order valence-corrected chi connectivity index (χ2v) is 0. The molecule has 0 aromatic carbocycles. The molecule has 0 unspecified atom stereocenters. The average Bonchev–Trinajstić information content (AvgIpc) is 0. The summed E-state index contributed by atoms with van der Waals surface area (Å²) in [6.45, 7) is 0.